The molecule has 0 saturated heterocycles. The molecule has 0 fully saturated rings. The number of quaternary nitrogens is 1. The van der Waals surface area contributed by atoms with Gasteiger partial charge in [-0.05, 0) is 103 Å². The third kappa shape index (κ3) is 50.1. The van der Waals surface area contributed by atoms with Crippen LogP contribution in [0.25, 0.3) is 0 Å². The Bertz CT molecular complexity index is 1590. The highest BCUT2D eigenvalue weighted by Crippen LogP contribution is 2.38. The summed E-state index contributed by atoms with van der Waals surface area (Å²) in [5.74, 6) is -0.220. The number of aliphatic hydroxyl groups excluding tert-OH is 1. The van der Waals surface area contributed by atoms with Crippen LogP contribution in [0, 0.1) is 0 Å². The molecule has 9 heteroatoms. The molecular weight excluding hydrogens is 852 g/mol. The summed E-state index contributed by atoms with van der Waals surface area (Å²) in [5, 5.41) is 13.7. The maximum absolute atomic E-state index is 12.8. The predicted molar refractivity (Wildman–Crippen MR) is 288 cm³/mol. The zero-order valence-corrected chi connectivity index (χ0v) is 43.7. The Kier molecular flexibility index (Phi) is 44.9. The summed E-state index contributed by atoms with van der Waals surface area (Å²) >= 11 is 0. The average Bonchev–Trinajstić information content (AvgIpc) is 3.29. The largest absolute Gasteiger partial charge is 0.756 e. The highest BCUT2D eigenvalue weighted by Gasteiger charge is 2.24. The number of allylic oxidation sites excluding steroid dienone is 24. The Balaban J connectivity index is 4.11. The van der Waals surface area contributed by atoms with Gasteiger partial charge >= 0.3 is 0 Å². The maximum Gasteiger partial charge on any atom is 0.268 e. The summed E-state index contributed by atoms with van der Waals surface area (Å²) in [4.78, 5) is 25.2. The number of aliphatic hydroxyl groups is 1. The summed E-state index contributed by atoms with van der Waals surface area (Å²) in [7, 11) is 1.24. The summed E-state index contributed by atoms with van der Waals surface area (Å²) < 4.78 is 23.1. The lowest BCUT2D eigenvalue weighted by Gasteiger charge is -2.30. The van der Waals surface area contributed by atoms with E-state index in [2.05, 4.69) is 165 Å². The first-order valence-corrected chi connectivity index (χ1v) is 27.1. The second-order valence-corrected chi connectivity index (χ2v) is 19.2. The third-order valence-electron chi connectivity index (χ3n) is 10.3. The number of nitrogens with zero attached hydrogens (tertiary/aromatic N) is 1. The number of carbonyl (C=O) groups is 1. The standard InChI is InChI=1S/C58H95N2O6P/c1-6-8-10-12-14-15-16-17-18-19-20-21-22-23-24-25-26-27-28-29-30-31-32-33-34-35-36-37-38-39-40-41-42-43-44-45-46-48-50-52-58(62)59-56(57(61)51-49-47-13-11-9-7-2)55-66-67(63,64)65-54-53-60(3,4)5/h8,10,14-15,17-18,20-21,23-24,26-27,29-30,32-33,35-36,38-39,41-42,44-45,56-57,61H,6-7,9,11-13,16,19,22,25,28,31,34,37,40,43,46-55H2,1-5H3,(H-,59,62,63,64)/b10-8-,15-14-,18-17-,21-20-,24-23-,27-26-,30-29-,33-32-,36-35-,39-38-,42-41-,45-44-. The highest BCUT2D eigenvalue weighted by atomic mass is 31.2. The molecule has 0 aromatic heterocycles. The number of phosphoric acid groups is 1. The van der Waals surface area contributed by atoms with E-state index in [-0.39, 0.29) is 19.1 Å². The van der Waals surface area contributed by atoms with Crippen molar-refractivity contribution >= 4 is 13.7 Å². The first-order valence-electron chi connectivity index (χ1n) is 25.7. The van der Waals surface area contributed by atoms with Gasteiger partial charge in [-0.1, -0.05) is 198 Å². The number of rotatable bonds is 44. The molecule has 0 aliphatic rings. The van der Waals surface area contributed by atoms with E-state index in [1.165, 1.54) is 6.42 Å². The molecule has 0 rings (SSSR count). The van der Waals surface area contributed by atoms with Gasteiger partial charge in [0.1, 0.15) is 13.2 Å². The second-order valence-electron chi connectivity index (χ2n) is 17.8. The van der Waals surface area contributed by atoms with Gasteiger partial charge in [-0.3, -0.25) is 9.36 Å². The lowest BCUT2D eigenvalue weighted by atomic mass is 10.0. The van der Waals surface area contributed by atoms with Crippen LogP contribution in [0.1, 0.15) is 162 Å². The number of likely N-dealkylation sites (N-methyl/N-ethyl adjacent to an activating group) is 1. The number of phosphoric ester groups is 1. The molecule has 0 aliphatic carbocycles. The van der Waals surface area contributed by atoms with Crippen LogP contribution in [0.5, 0.6) is 0 Å². The van der Waals surface area contributed by atoms with Crippen LogP contribution in [-0.2, 0) is 18.4 Å². The van der Waals surface area contributed by atoms with E-state index in [0.29, 0.717) is 30.3 Å². The van der Waals surface area contributed by atoms with Gasteiger partial charge in [0.25, 0.3) is 7.82 Å². The van der Waals surface area contributed by atoms with Crippen molar-refractivity contribution in [3.05, 3.63) is 146 Å². The van der Waals surface area contributed by atoms with Gasteiger partial charge < -0.3 is 28.8 Å². The van der Waals surface area contributed by atoms with Crippen LogP contribution < -0.4 is 10.2 Å². The normalized spacial score (nSPS) is 15.3. The van der Waals surface area contributed by atoms with Crippen molar-refractivity contribution < 1.29 is 32.9 Å². The van der Waals surface area contributed by atoms with Crippen molar-refractivity contribution in [2.45, 2.75) is 174 Å². The van der Waals surface area contributed by atoms with Crippen LogP contribution in [0.2, 0.25) is 0 Å². The van der Waals surface area contributed by atoms with Crippen LogP contribution in [0.4, 0.5) is 0 Å². The first kappa shape index (κ1) is 63.4. The Morgan fingerprint density at radius 3 is 1.30 bits per heavy atom. The topological polar surface area (TPSA) is 108 Å². The molecule has 0 aromatic carbocycles. The molecular formula is C58H95N2O6P. The number of carbonyl (C=O) groups excluding carboxylic acids is 1. The Labute approximate surface area is 410 Å². The molecule has 0 spiro atoms. The van der Waals surface area contributed by atoms with Crippen LogP contribution in [-0.4, -0.2) is 68.5 Å². The molecule has 378 valence electrons. The van der Waals surface area contributed by atoms with Crippen molar-refractivity contribution in [1.82, 2.24) is 5.32 Å². The lowest BCUT2D eigenvalue weighted by Crippen LogP contribution is -2.46. The van der Waals surface area contributed by atoms with Gasteiger partial charge in [0.2, 0.25) is 5.91 Å². The van der Waals surface area contributed by atoms with E-state index in [1.807, 2.05) is 21.1 Å². The van der Waals surface area contributed by atoms with Gasteiger partial charge in [0.05, 0.1) is 39.9 Å². The number of hydrogen-bond acceptors (Lipinski definition) is 6. The lowest BCUT2D eigenvalue weighted by molar-refractivity contribution is -0.870. The van der Waals surface area contributed by atoms with E-state index in [0.717, 1.165) is 122 Å². The highest BCUT2D eigenvalue weighted by molar-refractivity contribution is 7.45. The molecule has 3 atom stereocenters. The minimum absolute atomic E-state index is 0.00546. The quantitative estimate of drug-likeness (QED) is 0.0273. The van der Waals surface area contributed by atoms with Crippen LogP contribution >= 0.6 is 7.82 Å². The molecule has 0 radical (unpaired) electrons. The molecule has 0 aliphatic heterocycles. The average molecular weight is 947 g/mol. The molecule has 1 amide bonds. The van der Waals surface area contributed by atoms with Crippen molar-refractivity contribution in [2.75, 3.05) is 40.9 Å². The van der Waals surface area contributed by atoms with Gasteiger partial charge in [0, 0.05) is 6.42 Å². The number of nitrogens with one attached hydrogen (secondary N) is 1. The molecule has 2 N–H and O–H groups in total. The first-order chi connectivity index (χ1) is 32.5. The van der Waals surface area contributed by atoms with Gasteiger partial charge in [0.15, 0.2) is 0 Å². The minimum atomic E-state index is -4.58. The number of unbranched alkanes of at least 4 members (excludes halogenated alkanes) is 7. The monoisotopic (exact) mass is 947 g/mol. The van der Waals surface area contributed by atoms with Gasteiger partial charge in [-0.15, -0.1) is 0 Å². The fourth-order valence-electron chi connectivity index (χ4n) is 6.31. The van der Waals surface area contributed by atoms with E-state index >= 15 is 0 Å². The minimum Gasteiger partial charge on any atom is -0.756 e. The van der Waals surface area contributed by atoms with E-state index in [4.69, 9.17) is 9.05 Å². The van der Waals surface area contributed by atoms with E-state index in [9.17, 15) is 19.4 Å². The second kappa shape index (κ2) is 47.4. The SMILES string of the molecule is CC/C=C\C/C=C\C/C=C\C/C=C\C/C=C\C/C=C\C/C=C\C/C=C\C/C=C\C/C=C\C/C=C\C/C=C\CCCCC(=O)NC(COP(=O)([O-])OCC[N+](C)(C)C)C(O)CCCCCCCC. The number of amides is 1. The molecule has 0 bridgehead atoms. The zero-order chi connectivity index (χ0) is 49.2. The van der Waals surface area contributed by atoms with Gasteiger partial charge in [-0.2, -0.15) is 0 Å². The fraction of sp³-hybridized carbons (Fsp3) is 0.569. The van der Waals surface area contributed by atoms with Crippen molar-refractivity contribution in [3.63, 3.8) is 0 Å². The Morgan fingerprint density at radius 2 is 0.910 bits per heavy atom. The smallest absolute Gasteiger partial charge is 0.268 e. The van der Waals surface area contributed by atoms with E-state index < -0.39 is 20.0 Å². The number of hydrogen-bond donors (Lipinski definition) is 2. The van der Waals surface area contributed by atoms with Crippen LogP contribution in [0.15, 0.2) is 146 Å². The zero-order valence-electron chi connectivity index (χ0n) is 42.8. The summed E-state index contributed by atoms with van der Waals surface area (Å²) in [6, 6.07) is -0.831. The van der Waals surface area contributed by atoms with E-state index in [1.54, 1.807) is 0 Å². The predicted octanol–water partition coefficient (Wildman–Crippen LogP) is 14.7. The molecule has 8 nitrogen and oxygen atoms in total. The summed E-state index contributed by atoms with van der Waals surface area (Å²) in [6.45, 7) is 4.46. The third-order valence-corrected chi connectivity index (χ3v) is 11.3. The molecule has 67 heavy (non-hydrogen) atoms. The maximum atomic E-state index is 12.8. The Morgan fingerprint density at radius 1 is 0.537 bits per heavy atom. The van der Waals surface area contributed by atoms with Crippen molar-refractivity contribution in [3.8, 4) is 0 Å². The summed E-state index contributed by atoms with van der Waals surface area (Å²) in [5.41, 5.74) is 0. The molecule has 0 aromatic rings. The molecule has 0 saturated carbocycles. The van der Waals surface area contributed by atoms with Crippen molar-refractivity contribution in [2.24, 2.45) is 0 Å². The van der Waals surface area contributed by atoms with Crippen molar-refractivity contribution in [1.29, 1.82) is 0 Å². The van der Waals surface area contributed by atoms with Crippen LogP contribution in [0.3, 0.4) is 0 Å². The molecule has 3 unspecified atom stereocenters. The van der Waals surface area contributed by atoms with Gasteiger partial charge in [-0.25, -0.2) is 0 Å². The Hall–Kier alpha value is -3.62. The molecule has 0 heterocycles. The fourth-order valence-corrected chi connectivity index (χ4v) is 7.03. The summed E-state index contributed by atoms with van der Waals surface area (Å²) in [6.07, 6.45) is 73.5.